The summed E-state index contributed by atoms with van der Waals surface area (Å²) in [6.45, 7) is 1.20. The molecule has 1 aliphatic heterocycles. The van der Waals surface area contributed by atoms with Crippen LogP contribution >= 0.6 is 0 Å². The molecular weight excluding hydrogens is 346 g/mol. The molecule has 1 heterocycles. The number of nitrogens with one attached hydrogen (secondary N) is 2. The fourth-order valence-corrected chi connectivity index (χ4v) is 3.01. The van der Waals surface area contributed by atoms with E-state index in [4.69, 9.17) is 0 Å². The Morgan fingerprint density at radius 1 is 1.04 bits per heavy atom. The lowest BCUT2D eigenvalue weighted by atomic mass is 10.1. The second-order valence-electron chi connectivity index (χ2n) is 6.36. The van der Waals surface area contributed by atoms with E-state index in [0.29, 0.717) is 41.9 Å². The van der Waals surface area contributed by atoms with Crippen molar-refractivity contribution < 1.29 is 19.5 Å². The van der Waals surface area contributed by atoms with E-state index in [2.05, 4.69) is 10.6 Å². The highest BCUT2D eigenvalue weighted by Crippen LogP contribution is 2.29. The van der Waals surface area contributed by atoms with Gasteiger partial charge in [-0.1, -0.05) is 0 Å². The molecule has 2 aromatic carbocycles. The fourth-order valence-electron chi connectivity index (χ4n) is 3.01. The number of aliphatic hydroxyl groups is 1. The van der Waals surface area contributed by atoms with Gasteiger partial charge in [-0.3, -0.25) is 19.3 Å². The molecule has 0 saturated carbocycles. The van der Waals surface area contributed by atoms with E-state index >= 15 is 0 Å². The molecule has 0 aliphatic carbocycles. The molecule has 2 aromatic rings. The summed E-state index contributed by atoms with van der Waals surface area (Å²) in [6.07, 6.45) is 1.27. The lowest BCUT2D eigenvalue weighted by molar-refractivity contribution is -0.129. The highest BCUT2D eigenvalue weighted by molar-refractivity contribution is 6.16. The molecular formula is C20H21N3O4. The number of amides is 3. The standard InChI is InChI=1S/C20H21N3O4/c1-13(25)21-15-5-7-16(8-6-15)22-18-10-9-17(11-14(18)12-24)23-19(26)3-2-4-20(23)27/h5-11,22,24H,2-4,12H2,1H3,(H,21,25). The summed E-state index contributed by atoms with van der Waals surface area (Å²) in [5.74, 6) is -0.579. The third kappa shape index (κ3) is 4.32. The van der Waals surface area contributed by atoms with E-state index in [-0.39, 0.29) is 24.3 Å². The summed E-state index contributed by atoms with van der Waals surface area (Å²) in [7, 11) is 0. The van der Waals surface area contributed by atoms with Crippen molar-refractivity contribution in [3.05, 3.63) is 48.0 Å². The summed E-state index contributed by atoms with van der Waals surface area (Å²) in [5, 5.41) is 15.6. The largest absolute Gasteiger partial charge is 0.392 e. The van der Waals surface area contributed by atoms with Crippen LogP contribution < -0.4 is 15.5 Å². The van der Waals surface area contributed by atoms with Crippen molar-refractivity contribution in [2.75, 3.05) is 15.5 Å². The van der Waals surface area contributed by atoms with Gasteiger partial charge in [0.05, 0.1) is 12.3 Å². The smallest absolute Gasteiger partial charge is 0.233 e. The SMILES string of the molecule is CC(=O)Nc1ccc(Nc2ccc(N3C(=O)CCCC3=O)cc2CO)cc1. The molecule has 7 nitrogen and oxygen atoms in total. The van der Waals surface area contributed by atoms with Gasteiger partial charge in [-0.05, 0) is 48.9 Å². The van der Waals surface area contributed by atoms with Crippen LogP contribution in [0.3, 0.4) is 0 Å². The number of carbonyl (C=O) groups excluding carboxylic acids is 3. The Bertz CT molecular complexity index is 861. The third-order valence-corrected chi connectivity index (χ3v) is 4.28. The number of hydrogen-bond acceptors (Lipinski definition) is 5. The van der Waals surface area contributed by atoms with Crippen molar-refractivity contribution in [2.45, 2.75) is 32.8 Å². The Balaban J connectivity index is 1.81. The molecule has 0 bridgehead atoms. The number of carbonyl (C=O) groups is 3. The number of piperidine rings is 1. The summed E-state index contributed by atoms with van der Waals surface area (Å²) < 4.78 is 0. The van der Waals surface area contributed by atoms with Crippen molar-refractivity contribution in [1.29, 1.82) is 0 Å². The summed E-state index contributed by atoms with van der Waals surface area (Å²) >= 11 is 0. The highest BCUT2D eigenvalue weighted by Gasteiger charge is 2.27. The molecule has 3 rings (SSSR count). The minimum atomic E-state index is -0.240. The molecule has 1 saturated heterocycles. The lowest BCUT2D eigenvalue weighted by Gasteiger charge is -2.25. The van der Waals surface area contributed by atoms with Crippen molar-refractivity contribution in [2.24, 2.45) is 0 Å². The van der Waals surface area contributed by atoms with Crippen LogP contribution in [0, 0.1) is 0 Å². The van der Waals surface area contributed by atoms with Crippen molar-refractivity contribution in [3.63, 3.8) is 0 Å². The number of benzene rings is 2. The van der Waals surface area contributed by atoms with E-state index in [0.717, 1.165) is 5.69 Å². The molecule has 0 radical (unpaired) electrons. The molecule has 0 unspecified atom stereocenters. The molecule has 0 aromatic heterocycles. The number of rotatable bonds is 5. The van der Waals surface area contributed by atoms with E-state index in [1.165, 1.54) is 11.8 Å². The number of hydrogen-bond donors (Lipinski definition) is 3. The molecule has 1 fully saturated rings. The molecule has 0 atom stereocenters. The quantitative estimate of drug-likeness (QED) is 0.706. The first-order valence-corrected chi connectivity index (χ1v) is 8.72. The van der Waals surface area contributed by atoms with Gasteiger partial charge in [0.15, 0.2) is 0 Å². The zero-order valence-electron chi connectivity index (χ0n) is 15.0. The molecule has 140 valence electrons. The second kappa shape index (κ2) is 8.01. The Hall–Kier alpha value is -3.19. The van der Waals surface area contributed by atoms with Crippen LogP contribution in [0.4, 0.5) is 22.7 Å². The molecule has 27 heavy (non-hydrogen) atoms. The first kappa shape index (κ1) is 18.6. The summed E-state index contributed by atoms with van der Waals surface area (Å²) in [5.41, 5.74) is 3.18. The van der Waals surface area contributed by atoms with Crippen LogP contribution in [0.25, 0.3) is 0 Å². The van der Waals surface area contributed by atoms with Crippen molar-refractivity contribution >= 4 is 40.5 Å². The maximum absolute atomic E-state index is 12.1. The van der Waals surface area contributed by atoms with Crippen LogP contribution in [-0.2, 0) is 21.0 Å². The molecule has 3 amide bonds. The van der Waals surface area contributed by atoms with Gasteiger partial charge in [0, 0.05) is 42.4 Å². The van der Waals surface area contributed by atoms with E-state index in [1.807, 2.05) is 0 Å². The Kier molecular flexibility index (Phi) is 5.52. The number of nitrogens with zero attached hydrogens (tertiary/aromatic N) is 1. The lowest BCUT2D eigenvalue weighted by Crippen LogP contribution is -2.40. The maximum atomic E-state index is 12.1. The average molecular weight is 367 g/mol. The first-order valence-electron chi connectivity index (χ1n) is 8.72. The summed E-state index contributed by atoms with van der Waals surface area (Å²) in [6, 6.07) is 12.2. The van der Waals surface area contributed by atoms with Gasteiger partial charge >= 0.3 is 0 Å². The minimum absolute atomic E-state index is 0.143. The first-order chi connectivity index (χ1) is 13.0. The Morgan fingerprint density at radius 2 is 1.67 bits per heavy atom. The van der Waals surface area contributed by atoms with Gasteiger partial charge in [0.25, 0.3) is 0 Å². The number of aliphatic hydroxyl groups excluding tert-OH is 1. The number of imide groups is 1. The molecule has 3 N–H and O–H groups in total. The van der Waals surface area contributed by atoms with Crippen LogP contribution in [0.15, 0.2) is 42.5 Å². The van der Waals surface area contributed by atoms with Gasteiger partial charge in [0.1, 0.15) is 0 Å². The van der Waals surface area contributed by atoms with Gasteiger partial charge in [0.2, 0.25) is 17.7 Å². The minimum Gasteiger partial charge on any atom is -0.392 e. The zero-order chi connectivity index (χ0) is 19.4. The predicted molar refractivity (Wildman–Crippen MR) is 103 cm³/mol. The highest BCUT2D eigenvalue weighted by atomic mass is 16.3. The molecule has 7 heteroatoms. The van der Waals surface area contributed by atoms with E-state index < -0.39 is 0 Å². The Morgan fingerprint density at radius 3 is 2.26 bits per heavy atom. The zero-order valence-corrected chi connectivity index (χ0v) is 15.0. The van der Waals surface area contributed by atoms with Gasteiger partial charge < -0.3 is 15.7 Å². The normalized spacial score (nSPS) is 14.2. The van der Waals surface area contributed by atoms with Gasteiger partial charge in [-0.25, -0.2) is 0 Å². The van der Waals surface area contributed by atoms with Crippen molar-refractivity contribution in [1.82, 2.24) is 0 Å². The maximum Gasteiger partial charge on any atom is 0.233 e. The van der Waals surface area contributed by atoms with Crippen molar-refractivity contribution in [3.8, 4) is 0 Å². The van der Waals surface area contributed by atoms with Gasteiger partial charge in [-0.2, -0.15) is 0 Å². The summed E-state index contributed by atoms with van der Waals surface area (Å²) in [4.78, 5) is 36.4. The molecule has 1 aliphatic rings. The van der Waals surface area contributed by atoms with E-state index in [1.54, 1.807) is 42.5 Å². The van der Waals surface area contributed by atoms with Crippen LogP contribution in [0.1, 0.15) is 31.7 Å². The predicted octanol–water partition coefficient (Wildman–Crippen LogP) is 2.92. The van der Waals surface area contributed by atoms with Crippen LogP contribution in [-0.4, -0.2) is 22.8 Å². The van der Waals surface area contributed by atoms with E-state index in [9.17, 15) is 19.5 Å². The van der Waals surface area contributed by atoms with Crippen LogP contribution in [0.2, 0.25) is 0 Å². The monoisotopic (exact) mass is 367 g/mol. The Labute approximate surface area is 157 Å². The van der Waals surface area contributed by atoms with Gasteiger partial charge in [-0.15, -0.1) is 0 Å². The second-order valence-corrected chi connectivity index (χ2v) is 6.36. The van der Waals surface area contributed by atoms with Crippen LogP contribution in [0.5, 0.6) is 0 Å². The third-order valence-electron chi connectivity index (χ3n) is 4.28. The fraction of sp³-hybridized carbons (Fsp3) is 0.250. The average Bonchev–Trinajstić information content (AvgIpc) is 2.63. The topological polar surface area (TPSA) is 98.7 Å². The molecule has 0 spiro atoms. The number of anilines is 4.